The highest BCUT2D eigenvalue weighted by molar-refractivity contribution is 7.09. The summed E-state index contributed by atoms with van der Waals surface area (Å²) in [6.07, 6.45) is -4.37. The molecule has 0 atom stereocenters. The summed E-state index contributed by atoms with van der Waals surface area (Å²) in [5.41, 5.74) is -0.243. The van der Waals surface area contributed by atoms with Crippen molar-refractivity contribution in [3.8, 4) is 0 Å². The van der Waals surface area contributed by atoms with Crippen LogP contribution in [0.2, 0.25) is 5.02 Å². The number of anilines is 1. The molecule has 0 unspecified atom stereocenters. The lowest BCUT2D eigenvalue weighted by molar-refractivity contribution is -0.137. The van der Waals surface area contributed by atoms with E-state index in [1.165, 1.54) is 6.07 Å². The van der Waals surface area contributed by atoms with E-state index in [4.69, 9.17) is 11.6 Å². The van der Waals surface area contributed by atoms with Crippen molar-refractivity contribution >= 4 is 28.6 Å². The lowest BCUT2D eigenvalue weighted by Crippen LogP contribution is -2.05. The lowest BCUT2D eigenvalue weighted by atomic mass is 10.2. The summed E-state index contributed by atoms with van der Waals surface area (Å²) in [5, 5.41) is 5.01. The Kier molecular flexibility index (Phi) is 3.82. The van der Waals surface area contributed by atoms with E-state index in [9.17, 15) is 13.2 Å². The fourth-order valence-corrected chi connectivity index (χ4v) is 2.32. The summed E-state index contributed by atoms with van der Waals surface area (Å²) in [7, 11) is 0. The molecule has 96 valence electrons. The molecule has 0 saturated carbocycles. The van der Waals surface area contributed by atoms with Crippen molar-refractivity contribution in [1.29, 1.82) is 0 Å². The fourth-order valence-electron chi connectivity index (χ4n) is 1.43. The van der Waals surface area contributed by atoms with Gasteiger partial charge >= 0.3 is 6.18 Å². The van der Waals surface area contributed by atoms with E-state index in [1.807, 2.05) is 17.5 Å². The molecule has 1 nitrogen and oxygen atoms in total. The first kappa shape index (κ1) is 13.2. The number of halogens is 4. The minimum Gasteiger partial charge on any atom is -0.379 e. The number of hydrogen-bond acceptors (Lipinski definition) is 2. The van der Waals surface area contributed by atoms with Gasteiger partial charge in [-0.25, -0.2) is 0 Å². The van der Waals surface area contributed by atoms with E-state index in [-0.39, 0.29) is 5.02 Å². The zero-order valence-electron chi connectivity index (χ0n) is 9.09. The van der Waals surface area contributed by atoms with Crippen LogP contribution in [-0.4, -0.2) is 0 Å². The van der Waals surface area contributed by atoms with Crippen LogP contribution in [0.25, 0.3) is 0 Å². The van der Waals surface area contributed by atoms with Crippen molar-refractivity contribution in [3.05, 3.63) is 51.2 Å². The highest BCUT2D eigenvalue weighted by Crippen LogP contribution is 2.33. The molecule has 1 N–H and O–H groups in total. The molecule has 0 saturated heterocycles. The van der Waals surface area contributed by atoms with E-state index < -0.39 is 11.7 Å². The minimum absolute atomic E-state index is 0.0707. The second-order valence-corrected chi connectivity index (χ2v) is 5.06. The van der Waals surface area contributed by atoms with E-state index >= 15 is 0 Å². The molecular weight excluding hydrogens is 283 g/mol. The van der Waals surface area contributed by atoms with E-state index in [0.717, 1.165) is 17.0 Å². The maximum Gasteiger partial charge on any atom is 0.416 e. The van der Waals surface area contributed by atoms with Crippen molar-refractivity contribution in [2.24, 2.45) is 0 Å². The smallest absolute Gasteiger partial charge is 0.379 e. The maximum atomic E-state index is 12.4. The average Bonchev–Trinajstić information content (AvgIpc) is 2.79. The highest BCUT2D eigenvalue weighted by atomic mass is 35.5. The quantitative estimate of drug-likeness (QED) is 0.836. The Balaban J connectivity index is 2.10. The fraction of sp³-hybridized carbons (Fsp3) is 0.167. The third kappa shape index (κ3) is 3.17. The average molecular weight is 292 g/mol. The molecule has 0 aliphatic heterocycles. The predicted molar refractivity (Wildman–Crippen MR) is 68.1 cm³/mol. The summed E-state index contributed by atoms with van der Waals surface area (Å²) in [6.45, 7) is 0.544. The number of hydrogen-bond donors (Lipinski definition) is 1. The molecule has 1 aromatic carbocycles. The first-order chi connectivity index (χ1) is 8.47. The Morgan fingerprint density at radius 1 is 1.22 bits per heavy atom. The van der Waals surface area contributed by atoms with Crippen LogP contribution < -0.4 is 5.32 Å². The lowest BCUT2D eigenvalue weighted by Gasteiger charge is -2.11. The van der Waals surface area contributed by atoms with Crippen LogP contribution in [0.4, 0.5) is 18.9 Å². The van der Waals surface area contributed by atoms with Gasteiger partial charge in [-0.15, -0.1) is 11.3 Å². The topological polar surface area (TPSA) is 12.0 Å². The van der Waals surface area contributed by atoms with Crippen molar-refractivity contribution in [3.63, 3.8) is 0 Å². The summed E-state index contributed by atoms with van der Waals surface area (Å²) in [4.78, 5) is 1.09. The van der Waals surface area contributed by atoms with Gasteiger partial charge in [0.2, 0.25) is 0 Å². The van der Waals surface area contributed by atoms with Gasteiger partial charge in [0, 0.05) is 11.4 Å². The summed E-state index contributed by atoms with van der Waals surface area (Å²) in [6, 6.07) is 7.14. The number of rotatable bonds is 3. The van der Waals surface area contributed by atoms with Gasteiger partial charge in [-0.3, -0.25) is 0 Å². The van der Waals surface area contributed by atoms with Gasteiger partial charge in [-0.2, -0.15) is 13.2 Å². The molecule has 1 heterocycles. The Labute approximate surface area is 111 Å². The monoisotopic (exact) mass is 291 g/mol. The molecular formula is C12H9ClF3NS. The van der Waals surface area contributed by atoms with Crippen molar-refractivity contribution in [2.45, 2.75) is 12.7 Å². The summed E-state index contributed by atoms with van der Waals surface area (Å²) < 4.78 is 37.3. The van der Waals surface area contributed by atoms with Crippen LogP contribution >= 0.6 is 22.9 Å². The number of benzene rings is 1. The molecule has 0 aliphatic carbocycles. The Hall–Kier alpha value is -1.20. The van der Waals surface area contributed by atoms with Gasteiger partial charge < -0.3 is 5.32 Å². The molecule has 0 fully saturated rings. The van der Waals surface area contributed by atoms with Gasteiger partial charge in [0.05, 0.1) is 16.3 Å². The molecule has 0 radical (unpaired) electrons. The van der Waals surface area contributed by atoms with Crippen LogP contribution in [0.5, 0.6) is 0 Å². The Bertz CT molecular complexity index is 523. The minimum atomic E-state index is -4.37. The van der Waals surface area contributed by atoms with Crippen LogP contribution in [0.1, 0.15) is 10.4 Å². The number of alkyl halides is 3. The Morgan fingerprint density at radius 2 is 2.00 bits per heavy atom. The molecule has 1 aromatic heterocycles. The van der Waals surface area contributed by atoms with Crippen LogP contribution in [-0.2, 0) is 12.7 Å². The van der Waals surface area contributed by atoms with Gasteiger partial charge in [0.15, 0.2) is 0 Å². The van der Waals surface area contributed by atoms with Gasteiger partial charge in [0.25, 0.3) is 0 Å². The molecule has 0 bridgehead atoms. The second-order valence-electron chi connectivity index (χ2n) is 3.63. The SMILES string of the molecule is FC(F)(F)c1ccc(NCc2cccs2)c(Cl)c1. The Morgan fingerprint density at radius 3 is 2.56 bits per heavy atom. The van der Waals surface area contributed by atoms with E-state index in [2.05, 4.69) is 5.32 Å². The van der Waals surface area contributed by atoms with Crippen molar-refractivity contribution < 1.29 is 13.2 Å². The molecule has 0 amide bonds. The third-order valence-corrected chi connectivity index (χ3v) is 3.52. The van der Waals surface area contributed by atoms with E-state index in [1.54, 1.807) is 11.3 Å². The van der Waals surface area contributed by atoms with Crippen LogP contribution in [0, 0.1) is 0 Å². The zero-order valence-corrected chi connectivity index (χ0v) is 10.7. The molecule has 2 rings (SSSR count). The summed E-state index contributed by atoms with van der Waals surface area (Å²) >= 11 is 7.39. The van der Waals surface area contributed by atoms with Crippen molar-refractivity contribution in [1.82, 2.24) is 0 Å². The zero-order chi connectivity index (χ0) is 13.2. The van der Waals surface area contributed by atoms with Gasteiger partial charge in [0.1, 0.15) is 0 Å². The molecule has 2 aromatic rings. The molecule has 18 heavy (non-hydrogen) atoms. The normalized spacial score (nSPS) is 11.6. The molecule has 0 aliphatic rings. The first-order valence-electron chi connectivity index (χ1n) is 5.10. The maximum absolute atomic E-state index is 12.4. The second kappa shape index (κ2) is 5.20. The standard InChI is InChI=1S/C12H9ClF3NS/c13-10-6-8(12(14,15)16)3-4-11(10)17-7-9-2-1-5-18-9/h1-6,17H,7H2. The summed E-state index contributed by atoms with van der Waals surface area (Å²) in [5.74, 6) is 0. The largest absolute Gasteiger partial charge is 0.416 e. The van der Waals surface area contributed by atoms with Crippen LogP contribution in [0.3, 0.4) is 0 Å². The van der Waals surface area contributed by atoms with E-state index in [0.29, 0.717) is 12.2 Å². The van der Waals surface area contributed by atoms with Crippen LogP contribution in [0.15, 0.2) is 35.7 Å². The first-order valence-corrected chi connectivity index (χ1v) is 6.35. The number of thiophene rings is 1. The highest BCUT2D eigenvalue weighted by Gasteiger charge is 2.30. The number of nitrogens with one attached hydrogen (secondary N) is 1. The third-order valence-electron chi connectivity index (χ3n) is 2.33. The van der Waals surface area contributed by atoms with Gasteiger partial charge in [-0.05, 0) is 29.6 Å². The molecule has 6 heteroatoms. The van der Waals surface area contributed by atoms with Crippen molar-refractivity contribution in [2.75, 3.05) is 5.32 Å². The molecule has 0 spiro atoms. The van der Waals surface area contributed by atoms with Gasteiger partial charge in [-0.1, -0.05) is 17.7 Å². The predicted octanol–water partition coefficient (Wildman–Crippen LogP) is 5.03.